The van der Waals surface area contributed by atoms with Gasteiger partial charge < -0.3 is 20.6 Å². The third-order valence-corrected chi connectivity index (χ3v) is 4.29. The van der Waals surface area contributed by atoms with Crippen LogP contribution in [0.15, 0.2) is 27.8 Å². The summed E-state index contributed by atoms with van der Waals surface area (Å²) >= 11 is 3.48. The van der Waals surface area contributed by atoms with Crippen LogP contribution in [0.2, 0.25) is 0 Å². The van der Waals surface area contributed by atoms with Crippen molar-refractivity contribution < 1.29 is 9.94 Å². The molecule has 1 aliphatic rings. The van der Waals surface area contributed by atoms with Crippen molar-refractivity contribution in [2.75, 3.05) is 24.6 Å². The molecule has 1 aromatic rings. The van der Waals surface area contributed by atoms with Gasteiger partial charge in [0.25, 0.3) is 0 Å². The second kappa shape index (κ2) is 7.66. The molecular formula is C15H22BrN3O2. The first-order chi connectivity index (χ1) is 10.2. The molecule has 0 bridgehead atoms. The lowest BCUT2D eigenvalue weighted by molar-refractivity contribution is 0.0440. The van der Waals surface area contributed by atoms with Crippen LogP contribution in [0.1, 0.15) is 31.7 Å². The van der Waals surface area contributed by atoms with E-state index in [1.807, 2.05) is 18.2 Å². The first kappa shape index (κ1) is 16.1. The van der Waals surface area contributed by atoms with Crippen LogP contribution in [0.25, 0.3) is 0 Å². The van der Waals surface area contributed by atoms with E-state index in [0.717, 1.165) is 54.7 Å². The Morgan fingerprint density at radius 3 is 3.10 bits per heavy atom. The minimum absolute atomic E-state index is 0.120. The fourth-order valence-electron chi connectivity index (χ4n) is 2.66. The van der Waals surface area contributed by atoms with E-state index in [1.54, 1.807) is 0 Å². The number of nitrogens with zero attached hydrogens (tertiary/aromatic N) is 2. The number of piperidine rings is 1. The highest BCUT2D eigenvalue weighted by atomic mass is 79.9. The zero-order valence-corrected chi connectivity index (χ0v) is 13.8. The lowest BCUT2D eigenvalue weighted by atomic mass is 10.0. The molecule has 21 heavy (non-hydrogen) atoms. The quantitative estimate of drug-likeness (QED) is 0.368. The molecule has 116 valence electrons. The summed E-state index contributed by atoms with van der Waals surface area (Å²) in [6.45, 7) is 4.70. The van der Waals surface area contributed by atoms with E-state index in [2.05, 4.69) is 32.9 Å². The van der Waals surface area contributed by atoms with Crippen molar-refractivity contribution in [3.8, 4) is 0 Å². The molecule has 0 aliphatic carbocycles. The minimum atomic E-state index is 0.120. The summed E-state index contributed by atoms with van der Waals surface area (Å²) in [6.07, 6.45) is 3.45. The Morgan fingerprint density at radius 1 is 1.57 bits per heavy atom. The van der Waals surface area contributed by atoms with Crippen molar-refractivity contribution >= 4 is 27.5 Å². The molecule has 1 saturated heterocycles. The Morgan fingerprint density at radius 2 is 2.38 bits per heavy atom. The van der Waals surface area contributed by atoms with Crippen molar-refractivity contribution in [2.45, 2.75) is 32.3 Å². The Balaban J connectivity index is 2.23. The molecule has 1 aromatic carbocycles. The molecular weight excluding hydrogens is 334 g/mol. The molecule has 1 aliphatic heterocycles. The van der Waals surface area contributed by atoms with Gasteiger partial charge in [0.05, 0.1) is 11.7 Å². The van der Waals surface area contributed by atoms with Gasteiger partial charge in [-0.1, -0.05) is 18.1 Å². The van der Waals surface area contributed by atoms with Gasteiger partial charge in [0.1, 0.15) is 0 Å². The highest BCUT2D eigenvalue weighted by Crippen LogP contribution is 2.30. The van der Waals surface area contributed by atoms with Crippen LogP contribution in [0, 0.1) is 0 Å². The topological polar surface area (TPSA) is 71.1 Å². The molecule has 5 nitrogen and oxygen atoms in total. The molecule has 0 spiro atoms. The van der Waals surface area contributed by atoms with Gasteiger partial charge in [-0.3, -0.25) is 0 Å². The molecule has 1 fully saturated rings. The Labute approximate surface area is 133 Å². The van der Waals surface area contributed by atoms with E-state index in [4.69, 9.17) is 15.7 Å². The van der Waals surface area contributed by atoms with Crippen LogP contribution in [0.3, 0.4) is 0 Å². The van der Waals surface area contributed by atoms with E-state index in [9.17, 15) is 0 Å². The van der Waals surface area contributed by atoms with Crippen molar-refractivity contribution in [3.05, 3.63) is 28.2 Å². The van der Waals surface area contributed by atoms with Crippen molar-refractivity contribution in [1.29, 1.82) is 0 Å². The average Bonchev–Trinajstić information content (AvgIpc) is 2.52. The summed E-state index contributed by atoms with van der Waals surface area (Å²) in [6, 6.07) is 5.86. The molecule has 3 N–H and O–H groups in total. The number of amidine groups is 1. The summed E-state index contributed by atoms with van der Waals surface area (Å²) < 4.78 is 6.70. The maximum absolute atomic E-state index is 9.00. The second-order valence-corrected chi connectivity index (χ2v) is 6.05. The first-order valence-corrected chi connectivity index (χ1v) is 8.09. The number of nitrogens with two attached hydrogens (primary N) is 1. The van der Waals surface area contributed by atoms with E-state index < -0.39 is 0 Å². The van der Waals surface area contributed by atoms with Crippen LogP contribution in [0.5, 0.6) is 0 Å². The van der Waals surface area contributed by atoms with Crippen LogP contribution < -0.4 is 10.6 Å². The molecule has 0 saturated carbocycles. The van der Waals surface area contributed by atoms with Crippen molar-refractivity contribution in [3.63, 3.8) is 0 Å². The van der Waals surface area contributed by atoms with E-state index in [0.29, 0.717) is 0 Å². The minimum Gasteiger partial charge on any atom is -0.409 e. The summed E-state index contributed by atoms with van der Waals surface area (Å²) in [7, 11) is 0. The van der Waals surface area contributed by atoms with Gasteiger partial charge in [-0.15, -0.1) is 0 Å². The molecule has 0 amide bonds. The smallest absolute Gasteiger partial charge is 0.173 e. The van der Waals surface area contributed by atoms with Gasteiger partial charge in [-0.2, -0.15) is 0 Å². The van der Waals surface area contributed by atoms with E-state index in [1.165, 1.54) is 0 Å². The lowest BCUT2D eigenvalue weighted by Crippen LogP contribution is -2.40. The number of oxime groups is 1. The molecule has 1 unspecified atom stereocenters. The van der Waals surface area contributed by atoms with Crippen molar-refractivity contribution in [2.24, 2.45) is 10.9 Å². The maximum Gasteiger partial charge on any atom is 0.173 e. The standard InChI is InChI=1S/C15H22BrN3O2/c1-2-9-21-11-5-4-8-19(10-11)13-7-3-6-12(16)14(13)15(17)18-20/h3,6-7,11,20H,2,4-5,8-10H2,1H3,(H2,17,18). The maximum atomic E-state index is 9.00. The Kier molecular flexibility index (Phi) is 5.87. The van der Waals surface area contributed by atoms with Gasteiger partial charge in [-0.05, 0) is 47.3 Å². The number of anilines is 1. The van der Waals surface area contributed by atoms with Gasteiger partial charge in [0, 0.05) is 29.9 Å². The summed E-state index contributed by atoms with van der Waals surface area (Å²) in [5.74, 6) is 0.120. The monoisotopic (exact) mass is 355 g/mol. The van der Waals surface area contributed by atoms with E-state index >= 15 is 0 Å². The third kappa shape index (κ3) is 3.89. The molecule has 0 radical (unpaired) electrons. The van der Waals surface area contributed by atoms with Gasteiger partial charge in [0.2, 0.25) is 0 Å². The fraction of sp³-hybridized carbons (Fsp3) is 0.533. The Hall–Kier alpha value is -1.27. The summed E-state index contributed by atoms with van der Waals surface area (Å²) in [4.78, 5) is 2.25. The SMILES string of the molecule is CCCOC1CCCN(c2cccc(Br)c2/C(N)=N/O)C1. The van der Waals surface area contributed by atoms with Crippen LogP contribution in [0.4, 0.5) is 5.69 Å². The molecule has 0 aromatic heterocycles. The first-order valence-electron chi connectivity index (χ1n) is 7.30. The Bertz CT molecular complexity index is 508. The predicted molar refractivity (Wildman–Crippen MR) is 88.1 cm³/mol. The third-order valence-electron chi connectivity index (χ3n) is 3.63. The highest BCUT2D eigenvalue weighted by Gasteiger charge is 2.24. The number of hydrogen-bond donors (Lipinski definition) is 2. The van der Waals surface area contributed by atoms with E-state index in [-0.39, 0.29) is 11.9 Å². The van der Waals surface area contributed by atoms with Crippen molar-refractivity contribution in [1.82, 2.24) is 0 Å². The number of hydrogen-bond acceptors (Lipinski definition) is 4. The molecule has 1 atom stereocenters. The van der Waals surface area contributed by atoms with Gasteiger partial charge in [0.15, 0.2) is 5.84 Å². The lowest BCUT2D eigenvalue weighted by Gasteiger charge is -2.35. The zero-order chi connectivity index (χ0) is 15.2. The zero-order valence-electron chi connectivity index (χ0n) is 12.3. The largest absolute Gasteiger partial charge is 0.409 e. The molecule has 2 rings (SSSR count). The normalized spacial score (nSPS) is 19.8. The van der Waals surface area contributed by atoms with Gasteiger partial charge >= 0.3 is 0 Å². The number of ether oxygens (including phenoxy) is 1. The van der Waals surface area contributed by atoms with Gasteiger partial charge in [-0.25, -0.2) is 0 Å². The second-order valence-electron chi connectivity index (χ2n) is 5.20. The number of halogens is 1. The number of rotatable bonds is 5. The molecule has 6 heteroatoms. The fourth-order valence-corrected chi connectivity index (χ4v) is 3.22. The predicted octanol–water partition coefficient (Wildman–Crippen LogP) is 2.94. The van der Waals surface area contributed by atoms with Crippen LogP contribution >= 0.6 is 15.9 Å². The summed E-state index contributed by atoms with van der Waals surface area (Å²) in [5.41, 5.74) is 7.54. The summed E-state index contributed by atoms with van der Waals surface area (Å²) in [5, 5.41) is 12.2. The molecule has 1 heterocycles. The number of benzene rings is 1. The average molecular weight is 356 g/mol. The van der Waals surface area contributed by atoms with Crippen LogP contribution in [-0.4, -0.2) is 36.8 Å². The highest BCUT2D eigenvalue weighted by molar-refractivity contribution is 9.10. The van der Waals surface area contributed by atoms with Crippen LogP contribution in [-0.2, 0) is 4.74 Å².